The first-order valence-electron chi connectivity index (χ1n) is 5.36. The first-order chi connectivity index (χ1) is 7.20. The number of hydrogen-bond donors (Lipinski definition) is 1. The standard InChI is InChI=1S/C10H18IN3O/c11-15-8-2-1-5-14-6-3-10(13,9-12)4-7-14/h1-8,13H2. The van der Waals surface area contributed by atoms with Crippen molar-refractivity contribution in [3.05, 3.63) is 0 Å². The van der Waals surface area contributed by atoms with Gasteiger partial charge in [0, 0.05) is 13.1 Å². The van der Waals surface area contributed by atoms with Crippen LogP contribution in [0.3, 0.4) is 0 Å². The minimum Gasteiger partial charge on any atom is -0.316 e. The summed E-state index contributed by atoms with van der Waals surface area (Å²) in [6.07, 6.45) is 3.86. The Bertz CT molecular complexity index is 221. The molecule has 1 saturated heterocycles. The third-order valence-corrected chi connectivity index (χ3v) is 3.36. The van der Waals surface area contributed by atoms with Crippen molar-refractivity contribution in [2.24, 2.45) is 5.73 Å². The zero-order valence-electron chi connectivity index (χ0n) is 8.91. The van der Waals surface area contributed by atoms with Gasteiger partial charge in [0.15, 0.2) is 0 Å². The van der Waals surface area contributed by atoms with Gasteiger partial charge < -0.3 is 13.7 Å². The monoisotopic (exact) mass is 323 g/mol. The van der Waals surface area contributed by atoms with Gasteiger partial charge in [-0.15, -0.1) is 0 Å². The van der Waals surface area contributed by atoms with E-state index in [-0.39, 0.29) is 0 Å². The molecule has 0 radical (unpaired) electrons. The van der Waals surface area contributed by atoms with E-state index in [9.17, 15) is 0 Å². The number of unbranched alkanes of at least 4 members (excludes halogenated alkanes) is 1. The minimum absolute atomic E-state index is 0.568. The van der Waals surface area contributed by atoms with Crippen molar-refractivity contribution < 1.29 is 3.07 Å². The topological polar surface area (TPSA) is 62.3 Å². The molecule has 2 N–H and O–H groups in total. The fourth-order valence-electron chi connectivity index (χ4n) is 1.78. The summed E-state index contributed by atoms with van der Waals surface area (Å²) in [4.78, 5) is 2.38. The van der Waals surface area contributed by atoms with Crippen LogP contribution in [0.4, 0.5) is 0 Å². The van der Waals surface area contributed by atoms with Gasteiger partial charge >= 0.3 is 0 Å². The molecular formula is C10H18IN3O. The van der Waals surface area contributed by atoms with E-state index in [1.165, 1.54) is 0 Å². The Labute approximate surface area is 105 Å². The highest BCUT2D eigenvalue weighted by Gasteiger charge is 2.29. The fourth-order valence-corrected chi connectivity index (χ4v) is 2.09. The second-order valence-corrected chi connectivity index (χ2v) is 4.75. The Morgan fingerprint density at radius 1 is 1.40 bits per heavy atom. The molecule has 1 heterocycles. The average Bonchev–Trinajstić information content (AvgIpc) is 2.27. The summed E-state index contributed by atoms with van der Waals surface area (Å²) < 4.78 is 4.97. The largest absolute Gasteiger partial charge is 0.316 e. The van der Waals surface area contributed by atoms with Gasteiger partial charge in [0.2, 0.25) is 0 Å². The third kappa shape index (κ3) is 4.64. The molecular weight excluding hydrogens is 305 g/mol. The molecule has 0 aromatic heterocycles. The zero-order valence-corrected chi connectivity index (χ0v) is 11.1. The lowest BCUT2D eigenvalue weighted by Gasteiger charge is -2.34. The van der Waals surface area contributed by atoms with Gasteiger partial charge in [0.1, 0.15) is 28.5 Å². The highest BCUT2D eigenvalue weighted by Crippen LogP contribution is 2.18. The summed E-state index contributed by atoms with van der Waals surface area (Å²) in [5.74, 6) is 0. The van der Waals surface area contributed by atoms with E-state index in [2.05, 4.69) is 11.0 Å². The lowest BCUT2D eigenvalue weighted by molar-refractivity contribution is 0.183. The maximum absolute atomic E-state index is 8.87. The molecule has 0 atom stereocenters. The molecule has 0 saturated carbocycles. The normalized spacial score (nSPS) is 21.1. The van der Waals surface area contributed by atoms with Gasteiger partial charge in [-0.25, -0.2) is 0 Å². The Balaban J connectivity index is 2.13. The van der Waals surface area contributed by atoms with Crippen LogP contribution in [0, 0.1) is 11.3 Å². The molecule has 0 spiro atoms. The quantitative estimate of drug-likeness (QED) is 0.614. The van der Waals surface area contributed by atoms with Crippen molar-refractivity contribution in [3.8, 4) is 6.07 Å². The number of piperidine rings is 1. The molecule has 1 aliphatic rings. The van der Waals surface area contributed by atoms with Gasteiger partial charge in [-0.1, -0.05) is 0 Å². The maximum Gasteiger partial charge on any atom is 0.109 e. The molecule has 15 heavy (non-hydrogen) atoms. The van der Waals surface area contributed by atoms with Crippen LogP contribution in [-0.4, -0.2) is 36.7 Å². The van der Waals surface area contributed by atoms with Crippen molar-refractivity contribution in [3.63, 3.8) is 0 Å². The molecule has 1 rings (SSSR count). The summed E-state index contributed by atoms with van der Waals surface area (Å²) in [6, 6.07) is 2.21. The van der Waals surface area contributed by atoms with E-state index < -0.39 is 5.54 Å². The lowest BCUT2D eigenvalue weighted by Crippen LogP contribution is -2.49. The summed E-state index contributed by atoms with van der Waals surface area (Å²) in [6.45, 7) is 3.83. The predicted molar refractivity (Wildman–Crippen MR) is 67.4 cm³/mol. The number of nitrogens with two attached hydrogens (primary N) is 1. The number of likely N-dealkylation sites (tertiary alicyclic amines) is 1. The van der Waals surface area contributed by atoms with Crippen LogP contribution in [0.2, 0.25) is 0 Å². The number of nitriles is 1. The smallest absolute Gasteiger partial charge is 0.109 e. The van der Waals surface area contributed by atoms with Gasteiger partial charge in [-0.05, 0) is 32.2 Å². The summed E-state index contributed by atoms with van der Waals surface area (Å²) in [5, 5.41) is 8.87. The molecule has 0 aromatic carbocycles. The number of hydrogen-bond acceptors (Lipinski definition) is 4. The zero-order chi connectivity index (χ0) is 11.1. The van der Waals surface area contributed by atoms with E-state index in [4.69, 9.17) is 14.1 Å². The number of halogens is 1. The van der Waals surface area contributed by atoms with Gasteiger partial charge in [0.05, 0.1) is 12.7 Å². The SMILES string of the molecule is N#CC1(N)CCN(CCCCOI)CC1. The highest BCUT2D eigenvalue weighted by molar-refractivity contribution is 14.1. The number of rotatable bonds is 5. The molecule has 86 valence electrons. The van der Waals surface area contributed by atoms with Crippen LogP contribution in [-0.2, 0) is 3.07 Å². The van der Waals surface area contributed by atoms with Crippen LogP contribution < -0.4 is 5.73 Å². The van der Waals surface area contributed by atoms with Crippen LogP contribution in [0.1, 0.15) is 25.7 Å². The van der Waals surface area contributed by atoms with Crippen molar-refractivity contribution in [1.29, 1.82) is 5.26 Å². The molecule has 0 bridgehead atoms. The Kier molecular flexibility index (Phi) is 5.82. The van der Waals surface area contributed by atoms with E-state index in [1.807, 2.05) is 23.0 Å². The summed E-state index contributed by atoms with van der Waals surface area (Å²) in [7, 11) is 0. The summed E-state index contributed by atoms with van der Waals surface area (Å²) >= 11 is 1.92. The van der Waals surface area contributed by atoms with E-state index >= 15 is 0 Å². The van der Waals surface area contributed by atoms with Crippen molar-refractivity contribution >= 4 is 23.0 Å². The number of nitrogens with zero attached hydrogens (tertiary/aromatic N) is 2. The van der Waals surface area contributed by atoms with Crippen molar-refractivity contribution in [2.45, 2.75) is 31.2 Å². The second-order valence-electron chi connectivity index (χ2n) is 4.13. The predicted octanol–water partition coefficient (Wildman–Crippen LogP) is 1.45. The van der Waals surface area contributed by atoms with E-state index in [0.29, 0.717) is 0 Å². The molecule has 1 aliphatic heterocycles. The van der Waals surface area contributed by atoms with Crippen LogP contribution >= 0.6 is 23.0 Å². The van der Waals surface area contributed by atoms with Crippen molar-refractivity contribution in [1.82, 2.24) is 4.90 Å². The van der Waals surface area contributed by atoms with Crippen molar-refractivity contribution in [2.75, 3.05) is 26.2 Å². The van der Waals surface area contributed by atoms with Gasteiger partial charge in [-0.2, -0.15) is 5.26 Å². The first-order valence-corrected chi connectivity index (χ1v) is 6.24. The first kappa shape index (κ1) is 13.2. The molecule has 0 aliphatic carbocycles. The second kappa shape index (κ2) is 6.63. The maximum atomic E-state index is 8.87. The highest BCUT2D eigenvalue weighted by atomic mass is 127. The third-order valence-electron chi connectivity index (χ3n) is 2.92. The van der Waals surface area contributed by atoms with Crippen LogP contribution in [0.5, 0.6) is 0 Å². The fraction of sp³-hybridized carbons (Fsp3) is 0.900. The molecule has 0 unspecified atom stereocenters. The van der Waals surface area contributed by atoms with Crippen LogP contribution in [0.15, 0.2) is 0 Å². The lowest BCUT2D eigenvalue weighted by atomic mass is 9.90. The minimum atomic E-state index is -0.568. The van der Waals surface area contributed by atoms with Crippen LogP contribution in [0.25, 0.3) is 0 Å². The summed E-state index contributed by atoms with van der Waals surface area (Å²) in [5.41, 5.74) is 5.32. The molecule has 0 amide bonds. The van der Waals surface area contributed by atoms with E-state index in [1.54, 1.807) is 0 Å². The van der Waals surface area contributed by atoms with Gasteiger partial charge in [0.25, 0.3) is 0 Å². The Morgan fingerprint density at radius 3 is 2.60 bits per heavy atom. The molecule has 0 aromatic rings. The Morgan fingerprint density at radius 2 is 2.07 bits per heavy atom. The van der Waals surface area contributed by atoms with E-state index in [0.717, 1.165) is 51.9 Å². The average molecular weight is 323 g/mol. The van der Waals surface area contributed by atoms with Gasteiger partial charge in [-0.3, -0.25) is 0 Å². The molecule has 1 fully saturated rings. The Hall–Kier alpha value is 0.1000. The molecule has 5 heteroatoms. The molecule has 4 nitrogen and oxygen atoms in total.